The minimum Gasteiger partial charge on any atom is -0.382 e. The molecule has 0 saturated carbocycles. The Morgan fingerprint density at radius 1 is 1.50 bits per heavy atom. The number of carbonyl (C=O) groups excluding carboxylic acids is 2. The third-order valence-corrected chi connectivity index (χ3v) is 3.39. The van der Waals surface area contributed by atoms with E-state index in [0.29, 0.717) is 5.57 Å². The van der Waals surface area contributed by atoms with Crippen LogP contribution in [0.5, 0.6) is 0 Å². The first-order chi connectivity index (χ1) is 8.24. The van der Waals surface area contributed by atoms with Crippen molar-refractivity contribution in [1.29, 1.82) is 0 Å². The predicted octanol–water partition coefficient (Wildman–Crippen LogP) is 1.20. The number of amides is 1. The Bertz CT molecular complexity index is 512. The van der Waals surface area contributed by atoms with Crippen LogP contribution in [0.15, 0.2) is 35.6 Å². The highest BCUT2D eigenvalue weighted by Crippen LogP contribution is 2.46. The van der Waals surface area contributed by atoms with Gasteiger partial charge in [0.1, 0.15) is 0 Å². The summed E-state index contributed by atoms with van der Waals surface area (Å²) >= 11 is 0. The number of nitrogens with two attached hydrogens (primary N) is 1. The summed E-state index contributed by atoms with van der Waals surface area (Å²) in [5.74, 6) is -0.463. The van der Waals surface area contributed by atoms with Gasteiger partial charge >= 0.3 is 0 Å². The van der Waals surface area contributed by atoms with Crippen LogP contribution in [0.3, 0.4) is 0 Å². The first kappa shape index (κ1) is 12.6. The molecule has 96 valence electrons. The fourth-order valence-corrected chi connectivity index (χ4v) is 2.80. The van der Waals surface area contributed by atoms with E-state index in [4.69, 9.17) is 5.73 Å². The fourth-order valence-electron chi connectivity index (χ4n) is 2.80. The summed E-state index contributed by atoms with van der Waals surface area (Å²) in [6.07, 6.45) is 7.57. The molecule has 0 aromatic carbocycles. The molecule has 4 nitrogen and oxygen atoms in total. The molecule has 18 heavy (non-hydrogen) atoms. The lowest BCUT2D eigenvalue weighted by Crippen LogP contribution is -2.31. The second-order valence-electron chi connectivity index (χ2n) is 5.71. The first-order valence-electron chi connectivity index (χ1n) is 5.97. The van der Waals surface area contributed by atoms with Crippen LogP contribution >= 0.6 is 0 Å². The summed E-state index contributed by atoms with van der Waals surface area (Å²) in [7, 11) is 0. The third-order valence-electron chi connectivity index (χ3n) is 3.39. The molecule has 2 rings (SSSR count). The van der Waals surface area contributed by atoms with Crippen molar-refractivity contribution in [2.24, 2.45) is 11.1 Å². The summed E-state index contributed by atoms with van der Waals surface area (Å²) in [6.45, 7) is 5.91. The van der Waals surface area contributed by atoms with Gasteiger partial charge in [-0.25, -0.2) is 0 Å². The number of nitrogens with one attached hydrogen (secondary N) is 1. The zero-order valence-corrected chi connectivity index (χ0v) is 10.9. The number of rotatable bonds is 1. The Kier molecular flexibility index (Phi) is 2.69. The quantitative estimate of drug-likeness (QED) is 0.683. The summed E-state index contributed by atoms with van der Waals surface area (Å²) < 4.78 is 0. The molecule has 0 aromatic rings. The van der Waals surface area contributed by atoms with Crippen molar-refractivity contribution in [3.63, 3.8) is 0 Å². The van der Waals surface area contributed by atoms with Crippen molar-refractivity contribution >= 4 is 11.7 Å². The van der Waals surface area contributed by atoms with Gasteiger partial charge in [-0.05, 0) is 38.8 Å². The van der Waals surface area contributed by atoms with E-state index in [-0.39, 0.29) is 11.3 Å². The van der Waals surface area contributed by atoms with Crippen molar-refractivity contribution in [2.75, 3.05) is 0 Å². The van der Waals surface area contributed by atoms with Gasteiger partial charge < -0.3 is 11.1 Å². The zero-order valence-electron chi connectivity index (χ0n) is 10.9. The van der Waals surface area contributed by atoms with Gasteiger partial charge in [0.25, 0.3) is 0 Å². The van der Waals surface area contributed by atoms with Crippen molar-refractivity contribution in [1.82, 2.24) is 5.32 Å². The van der Waals surface area contributed by atoms with Crippen LogP contribution in [0.25, 0.3) is 0 Å². The van der Waals surface area contributed by atoms with Gasteiger partial charge in [-0.3, -0.25) is 9.59 Å². The molecule has 0 unspecified atom stereocenters. The standard InChI is InChI=1S/C14H18N2O2/c1-9-7-14(5-4-10(9)17)8-13(2,3)16-11(14)6-12(15)18/h4-7,16H,8H2,1-3H3,(H2,15,18)/b11-6-/t14-/m1/s1. The maximum atomic E-state index is 11.5. The highest BCUT2D eigenvalue weighted by molar-refractivity contribution is 6.05. The van der Waals surface area contributed by atoms with E-state index in [2.05, 4.69) is 19.2 Å². The van der Waals surface area contributed by atoms with Crippen LogP contribution < -0.4 is 11.1 Å². The van der Waals surface area contributed by atoms with Crippen LogP contribution in [0.2, 0.25) is 0 Å². The minimum absolute atomic E-state index is 0.0174. The Hall–Kier alpha value is -1.84. The van der Waals surface area contributed by atoms with E-state index < -0.39 is 11.3 Å². The second-order valence-corrected chi connectivity index (χ2v) is 5.71. The van der Waals surface area contributed by atoms with Crippen LogP contribution in [0.1, 0.15) is 27.2 Å². The Balaban J connectivity index is 2.51. The molecule has 0 aromatic heterocycles. The number of carbonyl (C=O) groups is 2. The van der Waals surface area contributed by atoms with Gasteiger partial charge in [0.2, 0.25) is 5.91 Å². The molecule has 1 saturated heterocycles. The normalized spacial score (nSPS) is 31.6. The Labute approximate surface area is 107 Å². The maximum Gasteiger partial charge on any atom is 0.243 e. The lowest BCUT2D eigenvalue weighted by molar-refractivity contribution is -0.113. The molecular weight excluding hydrogens is 228 g/mol. The van der Waals surface area contributed by atoms with E-state index in [1.165, 1.54) is 6.08 Å². The van der Waals surface area contributed by atoms with Gasteiger partial charge in [0.05, 0.1) is 0 Å². The van der Waals surface area contributed by atoms with E-state index in [1.54, 1.807) is 13.0 Å². The highest BCUT2D eigenvalue weighted by atomic mass is 16.1. The first-order valence-corrected chi connectivity index (χ1v) is 5.97. The molecule has 1 aliphatic heterocycles. The molecule has 4 heteroatoms. The predicted molar refractivity (Wildman–Crippen MR) is 69.4 cm³/mol. The van der Waals surface area contributed by atoms with E-state index in [1.807, 2.05) is 12.2 Å². The second kappa shape index (κ2) is 3.83. The third kappa shape index (κ3) is 2.10. The number of hydrogen-bond donors (Lipinski definition) is 2. The molecule has 0 bridgehead atoms. The number of ketones is 1. The Morgan fingerprint density at radius 2 is 2.17 bits per heavy atom. The number of allylic oxidation sites excluding steroid dienone is 3. The summed E-state index contributed by atoms with van der Waals surface area (Å²) in [4.78, 5) is 22.7. The van der Waals surface area contributed by atoms with Gasteiger partial charge in [0.15, 0.2) is 5.78 Å². The lowest BCUT2D eigenvalue weighted by Gasteiger charge is -2.26. The lowest BCUT2D eigenvalue weighted by atomic mass is 9.75. The molecule has 3 N–H and O–H groups in total. The van der Waals surface area contributed by atoms with Crippen LogP contribution in [-0.4, -0.2) is 17.2 Å². The molecule has 1 heterocycles. The van der Waals surface area contributed by atoms with Gasteiger partial charge in [0, 0.05) is 22.7 Å². The van der Waals surface area contributed by atoms with E-state index >= 15 is 0 Å². The van der Waals surface area contributed by atoms with Gasteiger partial charge in [-0.15, -0.1) is 0 Å². The average Bonchev–Trinajstić information content (AvgIpc) is 2.43. The highest BCUT2D eigenvalue weighted by Gasteiger charge is 2.45. The van der Waals surface area contributed by atoms with Crippen molar-refractivity contribution < 1.29 is 9.59 Å². The zero-order chi connectivity index (χ0) is 13.6. The number of hydrogen-bond acceptors (Lipinski definition) is 3. The minimum atomic E-state index is -0.481. The van der Waals surface area contributed by atoms with E-state index in [9.17, 15) is 9.59 Å². The molecular formula is C14H18N2O2. The molecule has 1 fully saturated rings. The van der Waals surface area contributed by atoms with Crippen LogP contribution in [0, 0.1) is 5.41 Å². The Morgan fingerprint density at radius 3 is 2.72 bits per heavy atom. The van der Waals surface area contributed by atoms with Crippen molar-refractivity contribution in [3.8, 4) is 0 Å². The van der Waals surface area contributed by atoms with Crippen LogP contribution in [0.4, 0.5) is 0 Å². The molecule has 1 atom stereocenters. The number of primary amides is 1. The molecule has 0 radical (unpaired) electrons. The largest absolute Gasteiger partial charge is 0.382 e. The smallest absolute Gasteiger partial charge is 0.243 e. The van der Waals surface area contributed by atoms with Gasteiger partial charge in [-0.1, -0.05) is 12.2 Å². The maximum absolute atomic E-state index is 11.5. The summed E-state index contributed by atoms with van der Waals surface area (Å²) in [5, 5.41) is 3.31. The van der Waals surface area contributed by atoms with E-state index in [0.717, 1.165) is 12.1 Å². The monoisotopic (exact) mass is 246 g/mol. The average molecular weight is 246 g/mol. The molecule has 2 aliphatic rings. The van der Waals surface area contributed by atoms with Crippen molar-refractivity contribution in [3.05, 3.63) is 35.6 Å². The molecule has 1 aliphatic carbocycles. The topological polar surface area (TPSA) is 72.2 Å². The molecule has 1 amide bonds. The summed E-state index contributed by atoms with van der Waals surface area (Å²) in [6, 6.07) is 0. The summed E-state index contributed by atoms with van der Waals surface area (Å²) in [5.41, 5.74) is 6.17. The molecule has 1 spiro atoms. The SMILES string of the molecule is CC1=C[C@]2(C=CC1=O)CC(C)(C)N/C2=C\C(N)=O. The van der Waals surface area contributed by atoms with Crippen molar-refractivity contribution in [2.45, 2.75) is 32.7 Å². The fraction of sp³-hybridized carbons (Fsp3) is 0.429. The van der Waals surface area contributed by atoms with Gasteiger partial charge in [-0.2, -0.15) is 0 Å². The van der Waals surface area contributed by atoms with Crippen LogP contribution in [-0.2, 0) is 9.59 Å².